The lowest BCUT2D eigenvalue weighted by molar-refractivity contribution is 0.106. The van der Waals surface area contributed by atoms with Crippen LogP contribution in [-0.2, 0) is 4.74 Å². The molecule has 65 valence electrons. The van der Waals surface area contributed by atoms with Crippen molar-refractivity contribution < 1.29 is 4.74 Å². The van der Waals surface area contributed by atoms with E-state index in [2.05, 4.69) is 13.8 Å². The van der Waals surface area contributed by atoms with Crippen molar-refractivity contribution in [3.05, 3.63) is 6.61 Å². The van der Waals surface area contributed by atoms with Gasteiger partial charge in [-0.2, -0.15) is 0 Å². The van der Waals surface area contributed by atoms with Crippen molar-refractivity contribution in [2.45, 2.75) is 39.5 Å². The molecule has 1 nitrogen and oxygen atoms in total. The van der Waals surface area contributed by atoms with Crippen LogP contribution in [0.4, 0.5) is 0 Å². The van der Waals surface area contributed by atoms with Gasteiger partial charge in [-0.25, -0.2) is 0 Å². The Hall–Kier alpha value is -0.0400. The fourth-order valence-corrected chi connectivity index (χ4v) is 1.12. The average Bonchev–Trinajstić information content (AvgIpc) is 1.82. The first-order valence-electron chi connectivity index (χ1n) is 4.72. The molecule has 0 aromatic rings. The van der Waals surface area contributed by atoms with E-state index in [-0.39, 0.29) is 0 Å². The van der Waals surface area contributed by atoms with Crippen molar-refractivity contribution in [1.29, 1.82) is 0 Å². The third kappa shape index (κ3) is 3.76. The van der Waals surface area contributed by atoms with E-state index in [1.54, 1.807) is 0 Å². The molecule has 0 bridgehead atoms. The molecule has 1 fully saturated rings. The maximum absolute atomic E-state index is 5.42. The fraction of sp³-hybridized carbons (Fsp3) is 0.900. The van der Waals surface area contributed by atoms with Crippen molar-refractivity contribution >= 4 is 0 Å². The second-order valence-corrected chi connectivity index (χ2v) is 3.93. The summed E-state index contributed by atoms with van der Waals surface area (Å²) in [5.74, 6) is 1.61. The Kier molecular flexibility index (Phi) is 3.92. The second kappa shape index (κ2) is 4.76. The highest BCUT2D eigenvalue weighted by molar-refractivity contribution is 4.69. The Morgan fingerprint density at radius 3 is 2.64 bits per heavy atom. The third-order valence-electron chi connectivity index (χ3n) is 2.24. The Morgan fingerprint density at radius 1 is 1.45 bits per heavy atom. The van der Waals surface area contributed by atoms with Gasteiger partial charge in [0, 0.05) is 6.61 Å². The highest BCUT2D eigenvalue weighted by Crippen LogP contribution is 2.26. The lowest BCUT2D eigenvalue weighted by Gasteiger charge is -2.24. The van der Waals surface area contributed by atoms with Crippen LogP contribution in [0.3, 0.4) is 0 Å². The molecular weight excluding hydrogens is 136 g/mol. The van der Waals surface area contributed by atoms with Crippen LogP contribution in [0.2, 0.25) is 0 Å². The predicted molar refractivity (Wildman–Crippen MR) is 47.0 cm³/mol. The van der Waals surface area contributed by atoms with Gasteiger partial charge in [-0.3, -0.25) is 0 Å². The molecule has 0 N–H and O–H groups in total. The maximum atomic E-state index is 5.42. The molecule has 11 heavy (non-hydrogen) atoms. The van der Waals surface area contributed by atoms with E-state index >= 15 is 0 Å². The highest BCUT2D eigenvalue weighted by atomic mass is 16.5. The summed E-state index contributed by atoms with van der Waals surface area (Å²) < 4.78 is 5.42. The zero-order valence-corrected chi connectivity index (χ0v) is 7.68. The minimum Gasteiger partial charge on any atom is -0.375 e. The minimum absolute atomic E-state index is 0.733. The van der Waals surface area contributed by atoms with Gasteiger partial charge in [0.15, 0.2) is 0 Å². The summed E-state index contributed by atoms with van der Waals surface area (Å²) >= 11 is 0. The lowest BCUT2D eigenvalue weighted by atomic mass is 9.86. The summed E-state index contributed by atoms with van der Waals surface area (Å²) in [4.78, 5) is 0. The molecule has 0 aromatic heterocycles. The van der Waals surface area contributed by atoms with Crippen molar-refractivity contribution in [1.82, 2.24) is 0 Å². The van der Waals surface area contributed by atoms with Crippen LogP contribution in [-0.4, -0.2) is 6.61 Å². The van der Waals surface area contributed by atoms with Crippen LogP contribution in [0.1, 0.15) is 39.5 Å². The van der Waals surface area contributed by atoms with Gasteiger partial charge in [-0.15, -0.1) is 0 Å². The van der Waals surface area contributed by atoms with Crippen LogP contribution < -0.4 is 0 Å². The molecule has 1 radical (unpaired) electrons. The largest absolute Gasteiger partial charge is 0.375 e. The third-order valence-corrected chi connectivity index (χ3v) is 2.24. The minimum atomic E-state index is 0.733. The average molecular weight is 155 g/mol. The molecule has 1 rings (SSSR count). The Morgan fingerprint density at radius 2 is 2.18 bits per heavy atom. The highest BCUT2D eigenvalue weighted by Gasteiger charge is 2.16. The SMILES string of the molecule is CC(C)C[CH]OCC1CCC1. The lowest BCUT2D eigenvalue weighted by Crippen LogP contribution is -2.16. The second-order valence-electron chi connectivity index (χ2n) is 3.93. The van der Waals surface area contributed by atoms with E-state index in [1.807, 2.05) is 6.61 Å². The smallest absolute Gasteiger partial charge is 0.0839 e. The monoisotopic (exact) mass is 155 g/mol. The van der Waals surface area contributed by atoms with E-state index in [9.17, 15) is 0 Å². The topological polar surface area (TPSA) is 9.23 Å². The Labute approximate surface area is 70.1 Å². The summed E-state index contributed by atoms with van der Waals surface area (Å²) in [7, 11) is 0. The van der Waals surface area contributed by atoms with Crippen molar-refractivity contribution in [3.63, 3.8) is 0 Å². The van der Waals surface area contributed by atoms with Gasteiger partial charge in [0.2, 0.25) is 0 Å². The first-order chi connectivity index (χ1) is 5.29. The van der Waals surface area contributed by atoms with Crippen molar-refractivity contribution in [2.24, 2.45) is 11.8 Å². The Balaban J connectivity index is 1.80. The Bertz CT molecular complexity index is 95.0. The molecule has 0 spiro atoms. The van der Waals surface area contributed by atoms with Gasteiger partial charge in [0.05, 0.1) is 6.61 Å². The summed E-state index contributed by atoms with van der Waals surface area (Å²) in [5.41, 5.74) is 0. The molecule has 0 aliphatic heterocycles. The van der Waals surface area contributed by atoms with Crippen LogP contribution in [0, 0.1) is 18.4 Å². The molecule has 0 unspecified atom stereocenters. The zero-order chi connectivity index (χ0) is 8.10. The summed E-state index contributed by atoms with van der Waals surface area (Å²) in [5, 5.41) is 0. The maximum Gasteiger partial charge on any atom is 0.0839 e. The van der Waals surface area contributed by atoms with E-state index < -0.39 is 0 Å². The van der Waals surface area contributed by atoms with Crippen LogP contribution >= 0.6 is 0 Å². The van der Waals surface area contributed by atoms with Crippen molar-refractivity contribution in [2.75, 3.05) is 6.61 Å². The molecule has 1 saturated carbocycles. The molecular formula is C10H19O. The number of hydrogen-bond donors (Lipinski definition) is 0. The van der Waals surface area contributed by atoms with Crippen LogP contribution in [0.15, 0.2) is 0 Å². The van der Waals surface area contributed by atoms with Gasteiger partial charge in [0.25, 0.3) is 0 Å². The van der Waals surface area contributed by atoms with E-state index in [0.29, 0.717) is 0 Å². The normalized spacial score (nSPS) is 18.8. The number of rotatable bonds is 5. The molecule has 0 atom stereocenters. The standard InChI is InChI=1S/C10H19O/c1-9(2)6-7-11-8-10-4-3-5-10/h7,9-10H,3-6,8H2,1-2H3. The first kappa shape index (κ1) is 9.05. The molecule has 1 aliphatic rings. The molecule has 0 saturated heterocycles. The van der Waals surface area contributed by atoms with Gasteiger partial charge >= 0.3 is 0 Å². The molecule has 1 aliphatic carbocycles. The summed E-state index contributed by atoms with van der Waals surface area (Å²) in [6.07, 6.45) is 5.27. The van der Waals surface area contributed by atoms with E-state index in [4.69, 9.17) is 4.74 Å². The van der Waals surface area contributed by atoms with E-state index in [0.717, 1.165) is 24.9 Å². The van der Waals surface area contributed by atoms with Gasteiger partial charge in [-0.05, 0) is 31.1 Å². The molecule has 0 aromatic carbocycles. The van der Waals surface area contributed by atoms with Crippen molar-refractivity contribution in [3.8, 4) is 0 Å². The fourth-order valence-electron chi connectivity index (χ4n) is 1.12. The molecule has 1 heteroatoms. The quantitative estimate of drug-likeness (QED) is 0.554. The first-order valence-corrected chi connectivity index (χ1v) is 4.72. The number of hydrogen-bond acceptors (Lipinski definition) is 1. The van der Waals surface area contributed by atoms with Crippen LogP contribution in [0.25, 0.3) is 0 Å². The van der Waals surface area contributed by atoms with Gasteiger partial charge in [-0.1, -0.05) is 20.3 Å². The van der Waals surface area contributed by atoms with Crippen LogP contribution in [0.5, 0.6) is 0 Å². The predicted octanol–water partition coefficient (Wildman–Crippen LogP) is 3.01. The van der Waals surface area contributed by atoms with Gasteiger partial charge < -0.3 is 4.74 Å². The number of ether oxygens (including phenoxy) is 1. The molecule has 0 amide bonds. The van der Waals surface area contributed by atoms with Gasteiger partial charge in [0.1, 0.15) is 0 Å². The van der Waals surface area contributed by atoms with E-state index in [1.165, 1.54) is 19.3 Å². The molecule has 0 heterocycles. The zero-order valence-electron chi connectivity index (χ0n) is 7.68. The summed E-state index contributed by atoms with van der Waals surface area (Å²) in [6, 6.07) is 0. The summed E-state index contributed by atoms with van der Waals surface area (Å²) in [6.45, 7) is 7.36.